The number of hydrogen-bond donors (Lipinski definition) is 0. The molecule has 0 atom stereocenters. The smallest absolute Gasteiger partial charge is 0.378 e. The van der Waals surface area contributed by atoms with Gasteiger partial charge in [0, 0.05) is 17.5 Å². The van der Waals surface area contributed by atoms with Gasteiger partial charge in [-0.2, -0.15) is 8.42 Å². The first kappa shape index (κ1) is 17.1. The molecule has 0 spiro atoms. The van der Waals surface area contributed by atoms with Gasteiger partial charge in [0.25, 0.3) is 5.69 Å². The van der Waals surface area contributed by atoms with E-state index in [1.165, 1.54) is 48.5 Å². The number of nitro groups is 1. The Morgan fingerprint density at radius 1 is 1.04 bits per heavy atom. The fraction of sp³-hybridized carbons (Fsp3) is 0. The minimum Gasteiger partial charge on any atom is -0.867 e. The van der Waals surface area contributed by atoms with E-state index in [1.807, 2.05) is 0 Å². The summed E-state index contributed by atoms with van der Waals surface area (Å²) in [5.74, 6) is -0.877. The Morgan fingerprint density at radius 2 is 1.77 bits per heavy atom. The maximum Gasteiger partial charge on any atom is 0.378 e. The molecule has 3 rings (SSSR count). The van der Waals surface area contributed by atoms with Crippen molar-refractivity contribution in [2.24, 2.45) is 0 Å². The van der Waals surface area contributed by atoms with E-state index < -0.39 is 20.8 Å². The second kappa shape index (κ2) is 6.30. The topological polar surface area (TPSA) is 138 Å². The summed E-state index contributed by atoms with van der Waals surface area (Å²) in [5, 5.41) is 31.9. The number of benzene rings is 3. The van der Waals surface area contributed by atoms with E-state index in [2.05, 4.69) is 4.98 Å². The average Bonchev–Trinajstić information content (AvgIpc) is 2.61. The third-order valence-corrected chi connectivity index (χ3v) is 4.87. The normalized spacial score (nSPS) is 11.0. The van der Waals surface area contributed by atoms with Crippen molar-refractivity contribution in [3.8, 4) is 11.5 Å². The van der Waals surface area contributed by atoms with E-state index in [0.717, 1.165) is 6.07 Å². The molecule has 0 aromatic heterocycles. The van der Waals surface area contributed by atoms with E-state index in [9.17, 15) is 23.6 Å². The molecule has 10 heteroatoms. The van der Waals surface area contributed by atoms with Crippen molar-refractivity contribution in [3.63, 3.8) is 0 Å². The lowest BCUT2D eigenvalue weighted by Crippen LogP contribution is -2.10. The molecular weight excluding hydrogens is 362 g/mol. The Bertz CT molecular complexity index is 1180. The molecule has 0 aliphatic carbocycles. The molecule has 0 fully saturated rings. The van der Waals surface area contributed by atoms with Crippen LogP contribution >= 0.6 is 0 Å². The van der Waals surface area contributed by atoms with Gasteiger partial charge in [-0.1, -0.05) is 18.2 Å². The Kier molecular flexibility index (Phi) is 4.15. The number of fused-ring (bicyclic) bond motifs is 1. The summed E-state index contributed by atoms with van der Waals surface area (Å²) in [6.07, 6.45) is 0. The van der Waals surface area contributed by atoms with Crippen molar-refractivity contribution in [3.05, 3.63) is 69.7 Å². The minimum atomic E-state index is -4.37. The van der Waals surface area contributed by atoms with Crippen LogP contribution in [0.4, 0.5) is 11.4 Å². The van der Waals surface area contributed by atoms with Crippen LogP contribution in [0.25, 0.3) is 15.7 Å². The van der Waals surface area contributed by atoms with Crippen molar-refractivity contribution in [2.45, 2.75) is 4.90 Å². The summed E-state index contributed by atoms with van der Waals surface area (Å²) in [5.41, 5.74) is -0.557. The van der Waals surface area contributed by atoms with Crippen LogP contribution in [0.1, 0.15) is 0 Å². The van der Waals surface area contributed by atoms with Crippen LogP contribution in [0.2, 0.25) is 0 Å². The molecule has 0 radical (unpaired) electrons. The second-order valence-corrected chi connectivity index (χ2v) is 6.67. The van der Waals surface area contributed by atoms with Crippen LogP contribution in [0.5, 0.6) is 11.5 Å². The Balaban J connectivity index is 2.11. The van der Waals surface area contributed by atoms with Crippen molar-refractivity contribution < 1.29 is 22.6 Å². The van der Waals surface area contributed by atoms with Gasteiger partial charge in [-0.05, 0) is 29.3 Å². The lowest BCUT2D eigenvalue weighted by Gasteiger charge is -2.12. The summed E-state index contributed by atoms with van der Waals surface area (Å²) < 4.78 is 30.2. The number of nitrogens with zero attached hydrogens (tertiary/aromatic N) is 3. The summed E-state index contributed by atoms with van der Waals surface area (Å²) in [6.45, 7) is 0. The number of rotatable bonds is 4. The Labute approximate surface area is 147 Å². The lowest BCUT2D eigenvalue weighted by molar-refractivity contribution is -0.384. The zero-order valence-corrected chi connectivity index (χ0v) is 13.7. The van der Waals surface area contributed by atoms with E-state index >= 15 is 0 Å². The third kappa shape index (κ3) is 2.99. The zero-order chi connectivity index (χ0) is 18.9. The van der Waals surface area contributed by atoms with E-state index in [4.69, 9.17) is 9.58 Å². The summed E-state index contributed by atoms with van der Waals surface area (Å²) in [4.78, 5) is 12.7. The first-order chi connectivity index (χ1) is 12.3. The maximum atomic E-state index is 12.6. The van der Waals surface area contributed by atoms with Crippen LogP contribution < -0.4 is 9.29 Å². The monoisotopic (exact) mass is 371 g/mol. The highest BCUT2D eigenvalue weighted by molar-refractivity contribution is 7.87. The molecule has 0 heterocycles. The van der Waals surface area contributed by atoms with Gasteiger partial charge in [-0.3, -0.25) is 10.1 Å². The standard InChI is InChI=1S/C16H9N3O6S/c17-18-14-8-7-12-13(16(14)20)5-2-6-15(12)26(23,24)25-11-4-1-3-10(9-11)19(21)22/h1-9H. The molecule has 0 saturated carbocycles. The van der Waals surface area contributed by atoms with Crippen LogP contribution in [0.3, 0.4) is 0 Å². The molecule has 0 saturated heterocycles. The van der Waals surface area contributed by atoms with Gasteiger partial charge in [0.1, 0.15) is 10.6 Å². The molecule has 0 aliphatic heterocycles. The quantitative estimate of drug-likeness (QED) is 0.297. The van der Waals surface area contributed by atoms with E-state index in [-0.39, 0.29) is 32.8 Å². The van der Waals surface area contributed by atoms with Crippen molar-refractivity contribution in [1.82, 2.24) is 0 Å². The van der Waals surface area contributed by atoms with Crippen LogP contribution in [0, 0.1) is 15.5 Å². The highest BCUT2D eigenvalue weighted by Crippen LogP contribution is 2.36. The van der Waals surface area contributed by atoms with Crippen molar-refractivity contribution in [1.29, 1.82) is 5.39 Å². The predicted molar refractivity (Wildman–Crippen MR) is 89.0 cm³/mol. The molecule has 0 N–H and O–H groups in total. The van der Waals surface area contributed by atoms with Crippen molar-refractivity contribution in [2.75, 3.05) is 0 Å². The molecule has 26 heavy (non-hydrogen) atoms. The van der Waals surface area contributed by atoms with Crippen LogP contribution in [-0.4, -0.2) is 13.3 Å². The molecule has 130 valence electrons. The molecule has 3 aromatic rings. The van der Waals surface area contributed by atoms with E-state index in [0.29, 0.717) is 0 Å². The molecule has 9 nitrogen and oxygen atoms in total. The second-order valence-electron chi connectivity index (χ2n) is 5.16. The highest BCUT2D eigenvalue weighted by atomic mass is 32.2. The Hall–Kier alpha value is -3.71. The van der Waals surface area contributed by atoms with Crippen LogP contribution in [-0.2, 0) is 10.1 Å². The fourth-order valence-corrected chi connectivity index (χ4v) is 3.55. The zero-order valence-electron chi connectivity index (χ0n) is 12.9. The minimum absolute atomic E-state index is 0.0315. The van der Waals surface area contributed by atoms with Gasteiger partial charge in [-0.15, -0.1) is 0 Å². The lowest BCUT2D eigenvalue weighted by atomic mass is 10.1. The number of hydrogen-bond acceptors (Lipinski definition) is 7. The summed E-state index contributed by atoms with van der Waals surface area (Å²) in [6, 6.07) is 11.2. The van der Waals surface area contributed by atoms with E-state index in [1.54, 1.807) is 0 Å². The van der Waals surface area contributed by atoms with Gasteiger partial charge in [0.2, 0.25) is 5.39 Å². The summed E-state index contributed by atoms with van der Waals surface area (Å²) in [7, 11) is -4.37. The molecule has 0 unspecified atom stereocenters. The molecule has 3 aromatic carbocycles. The number of diazo groups is 1. The van der Waals surface area contributed by atoms with Gasteiger partial charge in [-0.25, -0.2) is 0 Å². The van der Waals surface area contributed by atoms with Gasteiger partial charge < -0.3 is 9.29 Å². The molecule has 0 amide bonds. The Morgan fingerprint density at radius 3 is 2.46 bits per heavy atom. The largest absolute Gasteiger partial charge is 0.867 e. The third-order valence-electron chi connectivity index (χ3n) is 3.56. The number of non-ortho nitro benzene ring substituents is 1. The maximum absolute atomic E-state index is 12.6. The number of nitro benzene ring substituents is 1. The van der Waals surface area contributed by atoms with Gasteiger partial charge >= 0.3 is 15.8 Å². The fourth-order valence-electron chi connectivity index (χ4n) is 2.41. The average molecular weight is 371 g/mol. The molecule has 0 bridgehead atoms. The first-order valence-electron chi connectivity index (χ1n) is 7.10. The van der Waals surface area contributed by atoms with Crippen LogP contribution in [0.15, 0.2) is 59.5 Å². The predicted octanol–water partition coefficient (Wildman–Crippen LogP) is 3.07. The van der Waals surface area contributed by atoms with Crippen molar-refractivity contribution >= 4 is 32.3 Å². The SMILES string of the molecule is N#[N+]c1ccc2c(S(=O)(=O)Oc3cccc([N+](=O)[O-])c3)cccc2c1[O-]. The summed E-state index contributed by atoms with van der Waals surface area (Å²) >= 11 is 0. The first-order valence-corrected chi connectivity index (χ1v) is 8.51. The van der Waals surface area contributed by atoms with Gasteiger partial charge in [0.15, 0.2) is 4.98 Å². The molecular formula is C16H9N3O6S. The van der Waals surface area contributed by atoms with Gasteiger partial charge in [0.05, 0.1) is 11.0 Å². The molecule has 0 aliphatic rings. The highest BCUT2D eigenvalue weighted by Gasteiger charge is 2.22.